The highest BCUT2D eigenvalue weighted by Crippen LogP contribution is 2.25. The summed E-state index contributed by atoms with van der Waals surface area (Å²) in [6, 6.07) is 5.11. The highest BCUT2D eigenvalue weighted by Gasteiger charge is 2.16. The average molecular weight is 327 g/mol. The van der Waals surface area contributed by atoms with E-state index in [1.807, 2.05) is 13.8 Å². The maximum atomic E-state index is 12.3. The Morgan fingerprint density at radius 2 is 2.24 bits per heavy atom. The molecule has 1 aromatic heterocycles. The smallest absolute Gasteiger partial charge is 0.209 e. The first-order chi connectivity index (χ1) is 10.0. The normalized spacial score (nSPS) is 10.9. The Labute approximate surface area is 131 Å². The summed E-state index contributed by atoms with van der Waals surface area (Å²) in [4.78, 5) is 12.3. The second-order valence-electron chi connectivity index (χ2n) is 4.56. The lowest BCUT2D eigenvalue weighted by atomic mass is 10.1. The van der Waals surface area contributed by atoms with Crippen molar-refractivity contribution in [3.63, 3.8) is 0 Å². The number of ether oxygens (including phenoxy) is 1. The maximum Gasteiger partial charge on any atom is 0.209 e. The van der Waals surface area contributed by atoms with Crippen LogP contribution in [-0.4, -0.2) is 38.9 Å². The quantitative estimate of drug-likeness (QED) is 0.600. The summed E-state index contributed by atoms with van der Waals surface area (Å²) in [5.41, 5.74) is 0.459. The summed E-state index contributed by atoms with van der Waals surface area (Å²) in [7, 11) is 1.52. The predicted octanol–water partition coefficient (Wildman–Crippen LogP) is 2.89. The fourth-order valence-electron chi connectivity index (χ4n) is 1.71. The van der Waals surface area contributed by atoms with Gasteiger partial charge in [-0.1, -0.05) is 23.4 Å². The third kappa shape index (κ3) is 3.74. The van der Waals surface area contributed by atoms with E-state index in [9.17, 15) is 4.79 Å². The number of benzene rings is 1. The lowest BCUT2D eigenvalue weighted by Gasteiger charge is -2.09. The number of tetrazole rings is 1. The van der Waals surface area contributed by atoms with Crippen molar-refractivity contribution < 1.29 is 9.53 Å². The van der Waals surface area contributed by atoms with Crippen molar-refractivity contribution in [3.05, 3.63) is 28.8 Å². The van der Waals surface area contributed by atoms with Crippen LogP contribution < -0.4 is 4.74 Å². The number of nitrogens with zero attached hydrogens (tertiary/aromatic N) is 4. The molecule has 112 valence electrons. The molecular weight excluding hydrogens is 312 g/mol. The van der Waals surface area contributed by atoms with Crippen LogP contribution in [0.3, 0.4) is 0 Å². The van der Waals surface area contributed by atoms with Gasteiger partial charge in [0, 0.05) is 5.02 Å². The monoisotopic (exact) mass is 326 g/mol. The number of thioether (sulfide) groups is 1. The molecule has 21 heavy (non-hydrogen) atoms. The fraction of sp³-hybridized carbons (Fsp3) is 0.385. The van der Waals surface area contributed by atoms with Crippen LogP contribution in [0.1, 0.15) is 30.2 Å². The number of aromatic nitrogens is 4. The van der Waals surface area contributed by atoms with Crippen LogP contribution in [0.2, 0.25) is 5.02 Å². The van der Waals surface area contributed by atoms with Gasteiger partial charge in [0.05, 0.1) is 24.5 Å². The minimum Gasteiger partial charge on any atom is -0.496 e. The van der Waals surface area contributed by atoms with Crippen LogP contribution in [0.4, 0.5) is 0 Å². The van der Waals surface area contributed by atoms with E-state index >= 15 is 0 Å². The van der Waals surface area contributed by atoms with E-state index in [2.05, 4.69) is 15.5 Å². The Morgan fingerprint density at radius 1 is 1.48 bits per heavy atom. The fourth-order valence-corrected chi connectivity index (χ4v) is 2.77. The number of halogens is 1. The van der Waals surface area contributed by atoms with Crippen molar-refractivity contribution in [2.24, 2.45) is 0 Å². The van der Waals surface area contributed by atoms with Crippen LogP contribution >= 0.6 is 23.4 Å². The number of Topliss-reactive ketones (excluding diaryl/α,β-unsaturated/α-hetero) is 1. The van der Waals surface area contributed by atoms with Gasteiger partial charge in [0.1, 0.15) is 5.75 Å². The summed E-state index contributed by atoms with van der Waals surface area (Å²) < 4.78 is 6.86. The van der Waals surface area contributed by atoms with Crippen molar-refractivity contribution in [1.82, 2.24) is 20.2 Å². The summed E-state index contributed by atoms with van der Waals surface area (Å²) in [5, 5.41) is 12.5. The van der Waals surface area contributed by atoms with Gasteiger partial charge in [-0.3, -0.25) is 4.79 Å². The molecule has 0 N–H and O–H groups in total. The molecule has 1 heterocycles. The van der Waals surface area contributed by atoms with Gasteiger partial charge in [-0.15, -0.1) is 5.10 Å². The highest BCUT2D eigenvalue weighted by molar-refractivity contribution is 7.99. The second kappa shape index (κ2) is 6.91. The molecule has 0 bridgehead atoms. The Balaban J connectivity index is 2.12. The van der Waals surface area contributed by atoms with Crippen LogP contribution in [0.25, 0.3) is 0 Å². The Hall–Kier alpha value is -1.60. The summed E-state index contributed by atoms with van der Waals surface area (Å²) >= 11 is 7.22. The van der Waals surface area contributed by atoms with E-state index in [0.29, 0.717) is 21.5 Å². The number of ketones is 1. The van der Waals surface area contributed by atoms with Crippen molar-refractivity contribution in [2.75, 3.05) is 12.9 Å². The van der Waals surface area contributed by atoms with Crippen LogP contribution in [-0.2, 0) is 0 Å². The molecule has 1 aromatic carbocycles. The first-order valence-corrected chi connectivity index (χ1v) is 7.66. The molecule has 2 rings (SSSR count). The summed E-state index contributed by atoms with van der Waals surface area (Å²) in [5.74, 6) is 0.634. The molecule has 0 fully saturated rings. The van der Waals surface area contributed by atoms with Gasteiger partial charge >= 0.3 is 0 Å². The van der Waals surface area contributed by atoms with Crippen molar-refractivity contribution >= 4 is 29.1 Å². The second-order valence-corrected chi connectivity index (χ2v) is 5.94. The molecule has 8 heteroatoms. The average Bonchev–Trinajstić information content (AvgIpc) is 2.93. The molecule has 0 unspecified atom stereocenters. The van der Waals surface area contributed by atoms with Gasteiger partial charge < -0.3 is 4.74 Å². The van der Waals surface area contributed by atoms with Gasteiger partial charge in [0.2, 0.25) is 5.16 Å². The molecule has 0 aliphatic rings. The maximum absolute atomic E-state index is 12.3. The zero-order valence-electron chi connectivity index (χ0n) is 11.9. The lowest BCUT2D eigenvalue weighted by molar-refractivity contribution is 0.101. The molecule has 0 radical (unpaired) electrons. The van der Waals surface area contributed by atoms with E-state index in [4.69, 9.17) is 16.3 Å². The molecule has 2 aromatic rings. The topological polar surface area (TPSA) is 69.9 Å². The van der Waals surface area contributed by atoms with Gasteiger partial charge in [0.15, 0.2) is 5.78 Å². The van der Waals surface area contributed by atoms with E-state index in [-0.39, 0.29) is 17.6 Å². The molecular formula is C13H15ClN4O2S. The molecule has 0 aliphatic carbocycles. The van der Waals surface area contributed by atoms with Gasteiger partial charge in [-0.25, -0.2) is 4.68 Å². The zero-order chi connectivity index (χ0) is 15.4. The Kier molecular flexibility index (Phi) is 5.19. The first kappa shape index (κ1) is 15.8. The molecule has 0 saturated heterocycles. The minimum absolute atomic E-state index is 0.0855. The van der Waals surface area contributed by atoms with Gasteiger partial charge in [-0.2, -0.15) is 0 Å². The largest absolute Gasteiger partial charge is 0.496 e. The number of carbonyl (C=O) groups excluding carboxylic acids is 1. The minimum atomic E-state index is -0.0855. The molecule has 0 amide bonds. The van der Waals surface area contributed by atoms with E-state index in [1.165, 1.54) is 18.9 Å². The molecule has 0 aliphatic heterocycles. The zero-order valence-corrected chi connectivity index (χ0v) is 13.5. The van der Waals surface area contributed by atoms with Gasteiger partial charge in [-0.05, 0) is 42.5 Å². The number of rotatable bonds is 6. The van der Waals surface area contributed by atoms with E-state index < -0.39 is 0 Å². The SMILES string of the molecule is COc1ccc(Cl)cc1C(=O)CSc1nnnn1C(C)C. The Bertz CT molecular complexity index is 645. The Morgan fingerprint density at radius 3 is 2.90 bits per heavy atom. The van der Waals surface area contributed by atoms with Crippen LogP contribution in [0.15, 0.2) is 23.4 Å². The third-order valence-corrected chi connectivity index (χ3v) is 3.91. The first-order valence-electron chi connectivity index (χ1n) is 6.30. The summed E-state index contributed by atoms with van der Waals surface area (Å²) in [6.07, 6.45) is 0. The summed E-state index contributed by atoms with van der Waals surface area (Å²) in [6.45, 7) is 3.95. The van der Waals surface area contributed by atoms with Gasteiger partial charge in [0.25, 0.3) is 0 Å². The van der Waals surface area contributed by atoms with Crippen LogP contribution in [0, 0.1) is 0 Å². The molecule has 6 nitrogen and oxygen atoms in total. The number of carbonyl (C=O) groups is 1. The van der Waals surface area contributed by atoms with Crippen LogP contribution in [0.5, 0.6) is 5.75 Å². The van der Waals surface area contributed by atoms with E-state index in [0.717, 1.165) is 0 Å². The van der Waals surface area contributed by atoms with Crippen molar-refractivity contribution in [1.29, 1.82) is 0 Å². The predicted molar refractivity (Wildman–Crippen MR) is 81.3 cm³/mol. The number of hydrogen-bond acceptors (Lipinski definition) is 6. The molecule has 0 saturated carbocycles. The van der Waals surface area contributed by atoms with E-state index in [1.54, 1.807) is 22.9 Å². The molecule has 0 atom stereocenters. The lowest BCUT2D eigenvalue weighted by Crippen LogP contribution is -2.08. The third-order valence-electron chi connectivity index (χ3n) is 2.75. The highest BCUT2D eigenvalue weighted by atomic mass is 35.5. The standard InChI is InChI=1S/C13H15ClN4O2S/c1-8(2)18-13(15-16-17-18)21-7-11(19)10-6-9(14)4-5-12(10)20-3/h4-6,8H,7H2,1-3H3. The van der Waals surface area contributed by atoms with Crippen molar-refractivity contribution in [2.45, 2.75) is 25.0 Å². The van der Waals surface area contributed by atoms with Crippen molar-refractivity contribution in [3.8, 4) is 5.75 Å². The number of methoxy groups -OCH3 is 1. The number of hydrogen-bond donors (Lipinski definition) is 0. The molecule has 0 spiro atoms.